The highest BCUT2D eigenvalue weighted by Crippen LogP contribution is 2.12. The van der Waals surface area contributed by atoms with Crippen LogP contribution in [-0.2, 0) is 21.9 Å². The number of nitrogens with one attached hydrogen (secondary N) is 1. The maximum absolute atomic E-state index is 11.2. The summed E-state index contributed by atoms with van der Waals surface area (Å²) in [4.78, 5) is 10.3. The molecular formula is C7H11N3O4S. The minimum atomic E-state index is -3.87. The zero-order valence-corrected chi connectivity index (χ0v) is 9.08. The summed E-state index contributed by atoms with van der Waals surface area (Å²) in [6.45, 7) is 1.67. The Labute approximate surface area is 86.8 Å². The molecule has 15 heavy (non-hydrogen) atoms. The second-order valence-corrected chi connectivity index (χ2v) is 4.81. The lowest BCUT2D eigenvalue weighted by Gasteiger charge is -2.02. The summed E-state index contributed by atoms with van der Waals surface area (Å²) in [7, 11) is -2.23. The number of hydrogen-bond donors (Lipinski definition) is 2. The molecule has 0 aliphatic rings. The SMILES string of the molecule is Cc1cn(C)nc1NS(=O)(=O)CC(=O)O. The van der Waals surface area contributed by atoms with E-state index in [1.165, 1.54) is 4.68 Å². The maximum atomic E-state index is 11.2. The number of aryl methyl sites for hydroxylation is 2. The van der Waals surface area contributed by atoms with E-state index < -0.39 is 21.7 Å². The molecular weight excluding hydrogens is 222 g/mol. The molecule has 0 fully saturated rings. The predicted octanol–water partition coefficient (Wildman–Crippen LogP) is -0.445. The molecule has 0 radical (unpaired) electrons. The molecule has 1 aromatic heterocycles. The van der Waals surface area contributed by atoms with Crippen molar-refractivity contribution >= 4 is 21.8 Å². The van der Waals surface area contributed by atoms with Crippen LogP contribution in [0, 0.1) is 6.92 Å². The van der Waals surface area contributed by atoms with E-state index in [1.54, 1.807) is 20.2 Å². The van der Waals surface area contributed by atoms with Gasteiger partial charge in [0.2, 0.25) is 10.0 Å². The quantitative estimate of drug-likeness (QED) is 0.733. The molecule has 1 heterocycles. The molecule has 0 aliphatic carbocycles. The Hall–Kier alpha value is -1.57. The third-order valence-electron chi connectivity index (χ3n) is 1.58. The van der Waals surface area contributed by atoms with Crippen molar-refractivity contribution in [2.45, 2.75) is 6.92 Å². The van der Waals surface area contributed by atoms with Crippen LogP contribution in [0.2, 0.25) is 0 Å². The van der Waals surface area contributed by atoms with Crippen LogP contribution >= 0.6 is 0 Å². The molecule has 0 bridgehead atoms. The van der Waals surface area contributed by atoms with Crippen molar-refractivity contribution in [1.82, 2.24) is 9.78 Å². The van der Waals surface area contributed by atoms with Gasteiger partial charge in [0, 0.05) is 18.8 Å². The molecule has 1 aromatic rings. The fourth-order valence-corrected chi connectivity index (χ4v) is 1.95. The number of hydrogen-bond acceptors (Lipinski definition) is 4. The van der Waals surface area contributed by atoms with Crippen molar-refractivity contribution in [2.24, 2.45) is 7.05 Å². The minimum Gasteiger partial charge on any atom is -0.480 e. The summed E-state index contributed by atoms with van der Waals surface area (Å²) in [5, 5.41) is 12.2. The van der Waals surface area contributed by atoms with Crippen molar-refractivity contribution in [3.63, 3.8) is 0 Å². The molecule has 2 N–H and O–H groups in total. The van der Waals surface area contributed by atoms with Crippen LogP contribution in [0.25, 0.3) is 0 Å². The monoisotopic (exact) mass is 233 g/mol. The Kier molecular flexibility index (Phi) is 2.98. The number of nitrogens with zero attached hydrogens (tertiary/aromatic N) is 2. The number of carboxylic acids is 1. The van der Waals surface area contributed by atoms with Gasteiger partial charge in [0.05, 0.1) is 0 Å². The smallest absolute Gasteiger partial charge is 0.320 e. The molecule has 0 saturated heterocycles. The molecule has 0 unspecified atom stereocenters. The predicted molar refractivity (Wildman–Crippen MR) is 53.0 cm³/mol. The van der Waals surface area contributed by atoms with Gasteiger partial charge in [-0.05, 0) is 6.92 Å². The highest BCUT2D eigenvalue weighted by Gasteiger charge is 2.17. The van der Waals surface area contributed by atoms with E-state index in [2.05, 4.69) is 9.82 Å². The zero-order chi connectivity index (χ0) is 11.6. The molecule has 7 nitrogen and oxygen atoms in total. The topological polar surface area (TPSA) is 101 Å². The second-order valence-electron chi connectivity index (χ2n) is 3.09. The first-order valence-electron chi connectivity index (χ1n) is 4.03. The molecule has 8 heteroatoms. The molecule has 0 spiro atoms. The average molecular weight is 233 g/mol. The first-order valence-corrected chi connectivity index (χ1v) is 5.68. The number of carboxylic acid groups (broad SMARTS) is 1. The fraction of sp³-hybridized carbons (Fsp3) is 0.429. The van der Waals surface area contributed by atoms with Crippen LogP contribution in [0.3, 0.4) is 0 Å². The van der Waals surface area contributed by atoms with Crippen molar-refractivity contribution < 1.29 is 18.3 Å². The van der Waals surface area contributed by atoms with E-state index in [4.69, 9.17) is 5.11 Å². The number of rotatable bonds is 4. The van der Waals surface area contributed by atoms with Crippen LogP contribution in [0.4, 0.5) is 5.82 Å². The summed E-state index contributed by atoms with van der Waals surface area (Å²) in [5.41, 5.74) is 0.631. The van der Waals surface area contributed by atoms with Crippen LogP contribution in [-0.4, -0.2) is 35.0 Å². The third-order valence-corrected chi connectivity index (χ3v) is 2.71. The van der Waals surface area contributed by atoms with Gasteiger partial charge < -0.3 is 5.11 Å². The first kappa shape index (κ1) is 11.5. The number of carbonyl (C=O) groups is 1. The Balaban J connectivity index is 2.86. The van der Waals surface area contributed by atoms with Gasteiger partial charge in [0.25, 0.3) is 0 Å². The molecule has 0 aliphatic heterocycles. The molecule has 0 saturated carbocycles. The van der Waals surface area contributed by atoms with Gasteiger partial charge in [0.1, 0.15) is 0 Å². The molecule has 1 rings (SSSR count). The summed E-state index contributed by atoms with van der Waals surface area (Å²) in [6.07, 6.45) is 1.62. The van der Waals surface area contributed by atoms with Crippen molar-refractivity contribution in [3.05, 3.63) is 11.8 Å². The summed E-state index contributed by atoms with van der Waals surface area (Å²) >= 11 is 0. The highest BCUT2D eigenvalue weighted by atomic mass is 32.2. The number of anilines is 1. The highest BCUT2D eigenvalue weighted by molar-refractivity contribution is 7.93. The Morgan fingerprint density at radius 1 is 1.67 bits per heavy atom. The molecule has 0 amide bonds. The van der Waals surface area contributed by atoms with Gasteiger partial charge in [-0.25, -0.2) is 8.42 Å². The summed E-state index contributed by atoms with van der Waals surface area (Å²) in [6, 6.07) is 0. The number of sulfonamides is 1. The van der Waals surface area contributed by atoms with Crippen LogP contribution in [0.15, 0.2) is 6.20 Å². The standard InChI is InChI=1S/C7H11N3O4S/c1-5-3-10(2)8-7(5)9-15(13,14)4-6(11)12/h3H,4H2,1-2H3,(H,8,9)(H,11,12). The van der Waals surface area contributed by atoms with E-state index in [9.17, 15) is 13.2 Å². The normalized spacial score (nSPS) is 11.3. The lowest BCUT2D eigenvalue weighted by molar-refractivity contribution is -0.134. The van der Waals surface area contributed by atoms with Gasteiger partial charge >= 0.3 is 5.97 Å². The maximum Gasteiger partial charge on any atom is 0.320 e. The van der Waals surface area contributed by atoms with Crippen LogP contribution in [0.5, 0.6) is 0 Å². The van der Waals surface area contributed by atoms with Gasteiger partial charge in [-0.2, -0.15) is 5.10 Å². The molecule has 0 atom stereocenters. The van der Waals surface area contributed by atoms with Gasteiger partial charge in [-0.3, -0.25) is 14.2 Å². The van der Waals surface area contributed by atoms with Crippen LogP contribution in [0.1, 0.15) is 5.56 Å². The third kappa shape index (κ3) is 3.24. The first-order chi connectivity index (χ1) is 6.80. The van der Waals surface area contributed by atoms with E-state index in [1.807, 2.05) is 0 Å². The number of aliphatic carboxylic acids is 1. The van der Waals surface area contributed by atoms with E-state index in [-0.39, 0.29) is 5.82 Å². The second kappa shape index (κ2) is 3.89. The van der Waals surface area contributed by atoms with Gasteiger partial charge in [-0.15, -0.1) is 0 Å². The summed E-state index contributed by atoms with van der Waals surface area (Å²) in [5.74, 6) is -2.22. The zero-order valence-electron chi connectivity index (χ0n) is 8.26. The van der Waals surface area contributed by atoms with Crippen molar-refractivity contribution in [1.29, 1.82) is 0 Å². The fourth-order valence-electron chi connectivity index (χ4n) is 1.05. The van der Waals surface area contributed by atoms with E-state index in [0.29, 0.717) is 5.56 Å². The van der Waals surface area contributed by atoms with Gasteiger partial charge in [-0.1, -0.05) is 0 Å². The number of aromatic nitrogens is 2. The average Bonchev–Trinajstić information content (AvgIpc) is 2.25. The van der Waals surface area contributed by atoms with Crippen LogP contribution < -0.4 is 4.72 Å². The Bertz CT molecular complexity index is 476. The van der Waals surface area contributed by atoms with Crippen molar-refractivity contribution in [2.75, 3.05) is 10.5 Å². The lowest BCUT2D eigenvalue weighted by atomic mass is 10.4. The molecule has 84 valence electrons. The Morgan fingerprint density at radius 3 is 2.67 bits per heavy atom. The van der Waals surface area contributed by atoms with E-state index >= 15 is 0 Å². The largest absolute Gasteiger partial charge is 0.480 e. The molecule has 0 aromatic carbocycles. The minimum absolute atomic E-state index is 0.152. The summed E-state index contributed by atoms with van der Waals surface area (Å²) < 4.78 is 26.0. The Morgan fingerprint density at radius 2 is 2.27 bits per heavy atom. The van der Waals surface area contributed by atoms with Crippen molar-refractivity contribution in [3.8, 4) is 0 Å². The van der Waals surface area contributed by atoms with E-state index in [0.717, 1.165) is 0 Å². The van der Waals surface area contributed by atoms with Gasteiger partial charge in [0.15, 0.2) is 11.6 Å². The lowest BCUT2D eigenvalue weighted by Crippen LogP contribution is -2.23.